The summed E-state index contributed by atoms with van der Waals surface area (Å²) >= 11 is 13.3. The van der Waals surface area contributed by atoms with Gasteiger partial charge in [0.15, 0.2) is 0 Å². The zero-order valence-corrected chi connectivity index (χ0v) is 13.2. The van der Waals surface area contributed by atoms with Crippen molar-refractivity contribution in [1.82, 2.24) is 0 Å². The van der Waals surface area contributed by atoms with Crippen molar-refractivity contribution in [1.29, 1.82) is 0 Å². The van der Waals surface area contributed by atoms with E-state index in [0.29, 0.717) is 21.5 Å². The third-order valence-electron chi connectivity index (χ3n) is 2.62. The lowest BCUT2D eigenvalue weighted by Crippen LogP contribution is -2.14. The van der Waals surface area contributed by atoms with Gasteiger partial charge in [-0.05, 0) is 29.8 Å². The highest BCUT2D eigenvalue weighted by Gasteiger charge is 2.08. The van der Waals surface area contributed by atoms with E-state index in [1.807, 2.05) is 6.07 Å². The largest absolute Gasteiger partial charge is 0.324 e. The Hall–Kier alpha value is -1.23. The molecule has 0 heterocycles. The third-order valence-corrected chi connectivity index (χ3v) is 4.44. The van der Waals surface area contributed by atoms with E-state index in [-0.39, 0.29) is 17.5 Å². The molecule has 6 heteroatoms. The van der Waals surface area contributed by atoms with Crippen molar-refractivity contribution in [3.05, 3.63) is 63.9 Å². The van der Waals surface area contributed by atoms with Gasteiger partial charge in [0.2, 0.25) is 5.91 Å². The smallest absolute Gasteiger partial charge is 0.234 e. The van der Waals surface area contributed by atoms with Crippen LogP contribution < -0.4 is 5.32 Å². The molecule has 110 valence electrons. The normalized spacial score (nSPS) is 10.4. The van der Waals surface area contributed by atoms with Crippen molar-refractivity contribution < 1.29 is 9.18 Å². The summed E-state index contributed by atoms with van der Waals surface area (Å²) in [7, 11) is 0. The number of halogens is 3. The molecule has 2 aromatic rings. The first-order chi connectivity index (χ1) is 10.1. The molecule has 0 aromatic heterocycles. The fourth-order valence-corrected chi connectivity index (χ4v) is 2.80. The van der Waals surface area contributed by atoms with E-state index in [2.05, 4.69) is 5.32 Å². The van der Waals surface area contributed by atoms with Crippen LogP contribution in [0.5, 0.6) is 0 Å². The molecule has 2 aromatic carbocycles. The summed E-state index contributed by atoms with van der Waals surface area (Å²) in [6, 6.07) is 11.4. The molecule has 0 unspecified atom stereocenters. The highest BCUT2D eigenvalue weighted by molar-refractivity contribution is 7.99. The van der Waals surface area contributed by atoms with Crippen molar-refractivity contribution in [3.8, 4) is 0 Å². The second-order valence-electron chi connectivity index (χ2n) is 4.27. The van der Waals surface area contributed by atoms with Gasteiger partial charge in [0.1, 0.15) is 5.82 Å². The molecule has 0 radical (unpaired) electrons. The maximum absolute atomic E-state index is 13.0. The van der Waals surface area contributed by atoms with Gasteiger partial charge in [-0.2, -0.15) is 0 Å². The molecule has 2 rings (SSSR count). The van der Waals surface area contributed by atoms with Gasteiger partial charge < -0.3 is 5.32 Å². The molecular formula is C15H12Cl2FNOS. The van der Waals surface area contributed by atoms with Crippen molar-refractivity contribution in [2.45, 2.75) is 5.75 Å². The Morgan fingerprint density at radius 2 is 1.95 bits per heavy atom. The monoisotopic (exact) mass is 343 g/mol. The first-order valence-electron chi connectivity index (χ1n) is 6.12. The van der Waals surface area contributed by atoms with Gasteiger partial charge in [0.05, 0.1) is 21.5 Å². The number of carbonyl (C=O) groups is 1. The van der Waals surface area contributed by atoms with Crippen LogP contribution in [0.15, 0.2) is 42.5 Å². The van der Waals surface area contributed by atoms with Crippen LogP contribution in [0.2, 0.25) is 10.0 Å². The quantitative estimate of drug-likeness (QED) is 0.827. The summed E-state index contributed by atoms with van der Waals surface area (Å²) in [4.78, 5) is 11.8. The highest BCUT2D eigenvalue weighted by atomic mass is 35.5. The van der Waals surface area contributed by atoms with Crippen LogP contribution in [-0.2, 0) is 10.5 Å². The molecule has 0 aliphatic rings. The van der Waals surface area contributed by atoms with Crippen molar-refractivity contribution in [2.75, 3.05) is 11.1 Å². The summed E-state index contributed by atoms with van der Waals surface area (Å²) in [5.74, 6) is 0.359. The fraction of sp³-hybridized carbons (Fsp3) is 0.133. The maximum atomic E-state index is 13.0. The highest BCUT2D eigenvalue weighted by Crippen LogP contribution is 2.29. The number of carbonyl (C=O) groups excluding carboxylic acids is 1. The van der Waals surface area contributed by atoms with Crippen LogP contribution in [0, 0.1) is 5.82 Å². The zero-order valence-electron chi connectivity index (χ0n) is 10.9. The van der Waals surface area contributed by atoms with Crippen LogP contribution in [0.1, 0.15) is 5.56 Å². The summed E-state index contributed by atoms with van der Waals surface area (Å²) in [6.07, 6.45) is 0. The van der Waals surface area contributed by atoms with Gasteiger partial charge in [-0.1, -0.05) is 41.4 Å². The van der Waals surface area contributed by atoms with Gasteiger partial charge in [0, 0.05) is 5.75 Å². The molecule has 0 fully saturated rings. The Balaban J connectivity index is 1.84. The molecule has 0 atom stereocenters. The second kappa shape index (κ2) is 7.69. The Labute approximate surface area is 136 Å². The lowest BCUT2D eigenvalue weighted by Gasteiger charge is -2.08. The van der Waals surface area contributed by atoms with E-state index >= 15 is 0 Å². The summed E-state index contributed by atoms with van der Waals surface area (Å²) < 4.78 is 13.0. The van der Waals surface area contributed by atoms with Crippen LogP contribution in [-0.4, -0.2) is 11.7 Å². The van der Waals surface area contributed by atoms with E-state index < -0.39 is 0 Å². The Kier molecular flexibility index (Phi) is 5.91. The number of hydrogen-bond donors (Lipinski definition) is 1. The van der Waals surface area contributed by atoms with Gasteiger partial charge in [-0.15, -0.1) is 11.8 Å². The van der Waals surface area contributed by atoms with Gasteiger partial charge >= 0.3 is 0 Å². The molecule has 2 nitrogen and oxygen atoms in total. The average Bonchev–Trinajstić information content (AvgIpc) is 2.44. The number of anilines is 1. The zero-order chi connectivity index (χ0) is 15.2. The first-order valence-corrected chi connectivity index (χ1v) is 8.03. The minimum Gasteiger partial charge on any atom is -0.324 e. The predicted octanol–water partition coefficient (Wildman–Crippen LogP) is 5.00. The third kappa shape index (κ3) is 4.92. The molecule has 0 spiro atoms. The van der Waals surface area contributed by atoms with E-state index in [0.717, 1.165) is 5.56 Å². The summed E-state index contributed by atoms with van der Waals surface area (Å²) in [5, 5.41) is 3.41. The molecule has 21 heavy (non-hydrogen) atoms. The lowest BCUT2D eigenvalue weighted by atomic mass is 10.2. The molecule has 0 bridgehead atoms. The Morgan fingerprint density at radius 1 is 1.19 bits per heavy atom. The molecular weight excluding hydrogens is 332 g/mol. The number of amides is 1. The number of hydrogen-bond acceptors (Lipinski definition) is 2. The SMILES string of the molecule is O=C(CSCc1cccc(F)c1)Nc1cccc(Cl)c1Cl. The lowest BCUT2D eigenvalue weighted by molar-refractivity contribution is -0.113. The Bertz CT molecular complexity index is 651. The van der Waals surface area contributed by atoms with E-state index in [4.69, 9.17) is 23.2 Å². The van der Waals surface area contributed by atoms with E-state index in [1.54, 1.807) is 24.3 Å². The summed E-state index contributed by atoms with van der Waals surface area (Å²) in [6.45, 7) is 0. The number of thioether (sulfide) groups is 1. The minimum atomic E-state index is -0.275. The molecule has 0 aliphatic heterocycles. The van der Waals surface area contributed by atoms with Crippen molar-refractivity contribution >= 4 is 46.6 Å². The second-order valence-corrected chi connectivity index (χ2v) is 6.04. The van der Waals surface area contributed by atoms with Crippen molar-refractivity contribution in [2.24, 2.45) is 0 Å². The van der Waals surface area contributed by atoms with Gasteiger partial charge in [-0.3, -0.25) is 4.79 Å². The minimum absolute atomic E-state index is 0.180. The van der Waals surface area contributed by atoms with Crippen LogP contribution in [0.25, 0.3) is 0 Å². The maximum Gasteiger partial charge on any atom is 0.234 e. The fourth-order valence-electron chi connectivity index (χ4n) is 1.67. The number of rotatable bonds is 5. The molecule has 1 N–H and O–H groups in total. The number of benzene rings is 2. The van der Waals surface area contributed by atoms with Crippen LogP contribution >= 0.6 is 35.0 Å². The van der Waals surface area contributed by atoms with E-state index in [9.17, 15) is 9.18 Å². The molecule has 0 saturated carbocycles. The number of nitrogens with one attached hydrogen (secondary N) is 1. The van der Waals surface area contributed by atoms with Crippen molar-refractivity contribution in [3.63, 3.8) is 0 Å². The summed E-state index contributed by atoms with van der Waals surface area (Å²) in [5.41, 5.74) is 1.33. The molecule has 0 aliphatic carbocycles. The standard InChI is InChI=1S/C15H12Cl2FNOS/c16-12-5-2-6-13(15(12)17)19-14(20)9-21-8-10-3-1-4-11(18)7-10/h1-7H,8-9H2,(H,19,20). The van der Waals surface area contributed by atoms with Gasteiger partial charge in [-0.25, -0.2) is 4.39 Å². The van der Waals surface area contributed by atoms with Crippen LogP contribution in [0.4, 0.5) is 10.1 Å². The molecule has 0 saturated heterocycles. The molecule has 1 amide bonds. The van der Waals surface area contributed by atoms with E-state index in [1.165, 1.54) is 23.9 Å². The first kappa shape index (κ1) is 16.1. The Morgan fingerprint density at radius 3 is 2.71 bits per heavy atom. The topological polar surface area (TPSA) is 29.1 Å². The van der Waals surface area contributed by atoms with Crippen LogP contribution in [0.3, 0.4) is 0 Å². The average molecular weight is 344 g/mol. The predicted molar refractivity (Wildman–Crippen MR) is 87.7 cm³/mol. The van der Waals surface area contributed by atoms with Gasteiger partial charge in [0.25, 0.3) is 0 Å².